The Kier molecular flexibility index (Phi) is 4.86. The van der Waals surface area contributed by atoms with Crippen molar-refractivity contribution in [2.75, 3.05) is 13.1 Å². The summed E-state index contributed by atoms with van der Waals surface area (Å²) in [6.45, 7) is 2.29. The molecule has 0 radical (unpaired) electrons. The molecule has 2 aliphatic rings. The van der Waals surface area contributed by atoms with E-state index >= 15 is 0 Å². The zero-order chi connectivity index (χ0) is 19.1. The van der Waals surface area contributed by atoms with Gasteiger partial charge in [0.25, 0.3) is 0 Å². The number of carbonyl (C=O) groups excluding carboxylic acids is 1. The summed E-state index contributed by atoms with van der Waals surface area (Å²) in [6, 6.07) is 4.30. The van der Waals surface area contributed by atoms with Crippen LogP contribution in [-0.4, -0.2) is 41.1 Å². The summed E-state index contributed by atoms with van der Waals surface area (Å²) < 4.78 is 39.7. The average molecular weight is 370 g/mol. The number of hydrogen-bond donors (Lipinski definition) is 2. The van der Waals surface area contributed by atoms with Gasteiger partial charge in [-0.25, -0.2) is 4.79 Å². The van der Waals surface area contributed by atoms with Crippen molar-refractivity contribution in [3.8, 4) is 0 Å². The quantitative estimate of drug-likeness (QED) is 0.858. The number of aliphatic carboxylic acids is 1. The van der Waals surface area contributed by atoms with E-state index in [1.807, 2.05) is 0 Å². The number of carbonyl (C=O) groups is 2. The van der Waals surface area contributed by atoms with Gasteiger partial charge in [0.1, 0.15) is 6.04 Å². The number of benzene rings is 1. The molecule has 142 valence electrons. The predicted octanol–water partition coefficient (Wildman–Crippen LogP) is 3.31. The highest BCUT2D eigenvalue weighted by atomic mass is 19.4. The molecule has 2 N–H and O–H groups in total. The van der Waals surface area contributed by atoms with Crippen molar-refractivity contribution in [3.05, 3.63) is 35.4 Å². The van der Waals surface area contributed by atoms with Crippen molar-refractivity contribution >= 4 is 12.0 Å². The van der Waals surface area contributed by atoms with E-state index < -0.39 is 29.8 Å². The van der Waals surface area contributed by atoms with E-state index in [2.05, 4.69) is 5.32 Å². The maximum atomic E-state index is 13.2. The first-order valence-electron chi connectivity index (χ1n) is 8.61. The summed E-state index contributed by atoms with van der Waals surface area (Å²) in [5, 5.41) is 11.3. The summed E-state index contributed by atoms with van der Waals surface area (Å²) >= 11 is 0. The van der Waals surface area contributed by atoms with Crippen LogP contribution in [0.15, 0.2) is 24.3 Å². The van der Waals surface area contributed by atoms with Crippen molar-refractivity contribution in [1.82, 2.24) is 10.2 Å². The molecular weight excluding hydrogens is 349 g/mol. The Hall–Kier alpha value is -2.25. The molecule has 1 unspecified atom stereocenters. The number of carboxylic acid groups (broad SMARTS) is 1. The number of likely N-dealkylation sites (tertiary alicyclic amines) is 1. The first-order valence-corrected chi connectivity index (χ1v) is 8.61. The molecule has 1 aromatic carbocycles. The summed E-state index contributed by atoms with van der Waals surface area (Å²) in [7, 11) is 0. The largest absolute Gasteiger partial charge is 0.480 e. The summed E-state index contributed by atoms with van der Waals surface area (Å²) in [6.07, 6.45) is -3.15. The Labute approximate surface area is 149 Å². The normalized spacial score (nSPS) is 26.5. The van der Waals surface area contributed by atoms with Gasteiger partial charge in [0.2, 0.25) is 0 Å². The van der Waals surface area contributed by atoms with E-state index in [9.17, 15) is 22.8 Å². The highest BCUT2D eigenvalue weighted by Gasteiger charge is 2.45. The number of amides is 2. The van der Waals surface area contributed by atoms with Gasteiger partial charge in [0.05, 0.1) is 5.56 Å². The van der Waals surface area contributed by atoms with Gasteiger partial charge in [-0.1, -0.05) is 18.2 Å². The van der Waals surface area contributed by atoms with Gasteiger partial charge in [-0.2, -0.15) is 13.2 Å². The summed E-state index contributed by atoms with van der Waals surface area (Å²) in [5.41, 5.74) is -0.236. The first-order chi connectivity index (χ1) is 12.2. The second-order valence-electron chi connectivity index (χ2n) is 7.19. The Morgan fingerprint density at radius 3 is 2.31 bits per heavy atom. The van der Waals surface area contributed by atoms with Gasteiger partial charge in [-0.05, 0) is 49.1 Å². The second-order valence-corrected chi connectivity index (χ2v) is 7.19. The maximum Gasteiger partial charge on any atom is 0.416 e. The molecule has 26 heavy (non-hydrogen) atoms. The number of fused-ring (bicyclic) bond motifs is 1. The van der Waals surface area contributed by atoms with Crippen molar-refractivity contribution in [2.24, 2.45) is 11.8 Å². The van der Waals surface area contributed by atoms with E-state index in [0.717, 1.165) is 6.07 Å². The molecule has 8 heteroatoms. The Morgan fingerprint density at radius 1 is 1.19 bits per heavy atom. The molecule has 5 nitrogen and oxygen atoms in total. The molecule has 0 bridgehead atoms. The Balaban J connectivity index is 1.65. The third kappa shape index (κ3) is 3.64. The standard InChI is InChI=1S/C18H21F3N2O3/c1-10(16(24)25)22-17(26)23-8-12-6-11(7-13(12)9-23)14-4-2-3-5-15(14)18(19,20)21/h2-5,10-13H,6-9H2,1H3,(H,22,26)(H,24,25)/t10-,11?,12-,13+/m1/s1. The van der Waals surface area contributed by atoms with Gasteiger partial charge in [-0.3, -0.25) is 4.79 Å². The number of nitrogens with one attached hydrogen (secondary N) is 1. The second kappa shape index (κ2) is 6.81. The molecule has 1 aliphatic carbocycles. The fourth-order valence-electron chi connectivity index (χ4n) is 4.17. The van der Waals surface area contributed by atoms with Crippen molar-refractivity contribution in [1.29, 1.82) is 0 Å². The fourth-order valence-corrected chi connectivity index (χ4v) is 4.17. The molecule has 0 aromatic heterocycles. The molecule has 1 heterocycles. The number of urea groups is 1. The van der Waals surface area contributed by atoms with Gasteiger partial charge < -0.3 is 15.3 Å². The van der Waals surface area contributed by atoms with Gasteiger partial charge in [-0.15, -0.1) is 0 Å². The lowest BCUT2D eigenvalue weighted by Gasteiger charge is -2.22. The molecule has 2 amide bonds. The molecule has 3 rings (SSSR count). The van der Waals surface area contributed by atoms with E-state index in [4.69, 9.17) is 5.11 Å². The van der Waals surface area contributed by atoms with Crippen LogP contribution in [0.1, 0.15) is 36.8 Å². The summed E-state index contributed by atoms with van der Waals surface area (Å²) in [4.78, 5) is 24.5. The van der Waals surface area contributed by atoms with Crippen LogP contribution in [0.2, 0.25) is 0 Å². The van der Waals surface area contributed by atoms with E-state index in [1.54, 1.807) is 17.0 Å². The van der Waals surface area contributed by atoms with Crippen LogP contribution in [0.3, 0.4) is 0 Å². The van der Waals surface area contributed by atoms with E-state index in [1.165, 1.54) is 13.0 Å². The molecule has 1 aromatic rings. The van der Waals surface area contributed by atoms with E-state index in [-0.39, 0.29) is 17.8 Å². The lowest BCUT2D eigenvalue weighted by Crippen LogP contribution is -2.46. The lowest BCUT2D eigenvalue weighted by molar-refractivity contribution is -0.139. The van der Waals surface area contributed by atoms with Crippen LogP contribution in [0.5, 0.6) is 0 Å². The Bertz CT molecular complexity index is 693. The lowest BCUT2D eigenvalue weighted by atomic mass is 9.91. The van der Waals surface area contributed by atoms with Crippen molar-refractivity contribution in [3.63, 3.8) is 0 Å². The summed E-state index contributed by atoms with van der Waals surface area (Å²) in [5.74, 6) is -0.980. The third-order valence-electron chi connectivity index (χ3n) is 5.45. The minimum atomic E-state index is -4.37. The highest BCUT2D eigenvalue weighted by Crippen LogP contribution is 2.48. The minimum absolute atomic E-state index is 0.146. The van der Waals surface area contributed by atoms with Gasteiger partial charge >= 0.3 is 18.2 Å². The monoisotopic (exact) mass is 370 g/mol. The minimum Gasteiger partial charge on any atom is -0.480 e. The smallest absolute Gasteiger partial charge is 0.416 e. The van der Waals surface area contributed by atoms with Crippen LogP contribution in [0.4, 0.5) is 18.0 Å². The van der Waals surface area contributed by atoms with E-state index in [0.29, 0.717) is 31.5 Å². The predicted molar refractivity (Wildman–Crippen MR) is 87.6 cm³/mol. The highest BCUT2D eigenvalue weighted by molar-refractivity contribution is 5.82. The van der Waals surface area contributed by atoms with Crippen LogP contribution in [-0.2, 0) is 11.0 Å². The third-order valence-corrected chi connectivity index (χ3v) is 5.45. The van der Waals surface area contributed by atoms with Crippen molar-refractivity contribution in [2.45, 2.75) is 37.9 Å². The van der Waals surface area contributed by atoms with Crippen LogP contribution >= 0.6 is 0 Å². The molecule has 0 spiro atoms. The molecular formula is C18H21F3N2O3. The topological polar surface area (TPSA) is 69.6 Å². The number of nitrogens with zero attached hydrogens (tertiary/aromatic N) is 1. The zero-order valence-electron chi connectivity index (χ0n) is 14.3. The number of hydrogen-bond acceptors (Lipinski definition) is 2. The first kappa shape index (κ1) is 18.5. The molecule has 1 saturated heterocycles. The Morgan fingerprint density at radius 2 is 1.77 bits per heavy atom. The average Bonchev–Trinajstić information content (AvgIpc) is 3.12. The van der Waals surface area contributed by atoms with Crippen molar-refractivity contribution < 1.29 is 27.9 Å². The number of alkyl halides is 3. The van der Waals surface area contributed by atoms with Crippen LogP contribution in [0, 0.1) is 11.8 Å². The number of halogens is 3. The number of rotatable bonds is 3. The van der Waals surface area contributed by atoms with Gasteiger partial charge in [0.15, 0.2) is 0 Å². The van der Waals surface area contributed by atoms with Crippen LogP contribution in [0.25, 0.3) is 0 Å². The molecule has 1 saturated carbocycles. The number of carboxylic acids is 1. The molecule has 2 fully saturated rings. The van der Waals surface area contributed by atoms with Crippen LogP contribution < -0.4 is 5.32 Å². The molecule has 1 aliphatic heterocycles. The fraction of sp³-hybridized carbons (Fsp3) is 0.556. The SMILES string of the molecule is C[C@@H](NC(=O)N1C[C@H]2CC(c3ccccc3C(F)(F)F)C[C@H]2C1)C(=O)O. The molecule has 4 atom stereocenters. The maximum absolute atomic E-state index is 13.2. The van der Waals surface area contributed by atoms with Gasteiger partial charge in [0, 0.05) is 13.1 Å². The zero-order valence-corrected chi connectivity index (χ0v) is 14.3.